The van der Waals surface area contributed by atoms with Crippen molar-refractivity contribution in [1.29, 1.82) is 0 Å². The van der Waals surface area contributed by atoms with E-state index < -0.39 is 0 Å². The maximum absolute atomic E-state index is 11.9. The van der Waals surface area contributed by atoms with Crippen LogP contribution >= 0.6 is 0 Å². The number of furan rings is 1. The van der Waals surface area contributed by atoms with Crippen molar-refractivity contribution in [3.8, 4) is 0 Å². The fraction of sp³-hybridized carbons (Fsp3) is 0.353. The number of anilines is 1. The van der Waals surface area contributed by atoms with Gasteiger partial charge in [-0.05, 0) is 24.6 Å². The molecule has 0 saturated carbocycles. The summed E-state index contributed by atoms with van der Waals surface area (Å²) in [5.74, 6) is 0.797. The zero-order valence-corrected chi connectivity index (χ0v) is 13.2. The van der Waals surface area contributed by atoms with Crippen LogP contribution in [0.3, 0.4) is 0 Å². The van der Waals surface area contributed by atoms with Crippen molar-refractivity contribution < 1.29 is 18.7 Å². The first-order valence-electron chi connectivity index (χ1n) is 7.51. The van der Waals surface area contributed by atoms with Gasteiger partial charge in [-0.15, -0.1) is 0 Å². The predicted molar refractivity (Wildman–Crippen MR) is 87.2 cm³/mol. The zero-order chi connectivity index (χ0) is 16.3. The molecule has 2 amide bonds. The van der Waals surface area contributed by atoms with Crippen LogP contribution in [0.1, 0.15) is 17.7 Å². The number of hydrogen-bond acceptors (Lipinski definition) is 4. The van der Waals surface area contributed by atoms with Gasteiger partial charge in [-0.2, -0.15) is 0 Å². The number of benzene rings is 1. The van der Waals surface area contributed by atoms with Gasteiger partial charge in [0.15, 0.2) is 0 Å². The molecule has 0 aliphatic carbocycles. The van der Waals surface area contributed by atoms with E-state index in [1.54, 1.807) is 13.4 Å². The third kappa shape index (κ3) is 6.14. The Labute approximate surface area is 135 Å². The van der Waals surface area contributed by atoms with Crippen LogP contribution in [0.15, 0.2) is 47.1 Å². The molecule has 0 bridgehead atoms. The van der Waals surface area contributed by atoms with E-state index in [9.17, 15) is 4.79 Å². The van der Waals surface area contributed by atoms with Gasteiger partial charge in [0.05, 0.1) is 12.9 Å². The van der Waals surface area contributed by atoms with Gasteiger partial charge in [-0.3, -0.25) is 0 Å². The van der Waals surface area contributed by atoms with Crippen LogP contribution in [-0.2, 0) is 22.7 Å². The highest BCUT2D eigenvalue weighted by molar-refractivity contribution is 5.90. The first-order valence-corrected chi connectivity index (χ1v) is 7.51. The molecule has 2 rings (SSSR count). The van der Waals surface area contributed by atoms with Gasteiger partial charge in [-0.25, -0.2) is 4.79 Å². The van der Waals surface area contributed by atoms with Gasteiger partial charge in [0.1, 0.15) is 12.4 Å². The number of rotatable bonds is 9. The Balaban J connectivity index is 1.61. The van der Waals surface area contributed by atoms with E-state index in [1.165, 1.54) is 0 Å². The van der Waals surface area contributed by atoms with Crippen LogP contribution in [0.25, 0.3) is 0 Å². The molecule has 1 heterocycles. The summed E-state index contributed by atoms with van der Waals surface area (Å²) >= 11 is 0. The number of amides is 2. The Morgan fingerprint density at radius 3 is 2.83 bits per heavy atom. The molecule has 1 aromatic heterocycles. The van der Waals surface area contributed by atoms with Crippen molar-refractivity contribution in [2.24, 2.45) is 0 Å². The summed E-state index contributed by atoms with van der Waals surface area (Å²) in [7, 11) is 1.62. The third-order valence-electron chi connectivity index (χ3n) is 3.14. The SMILES string of the molecule is COCc1ccccc1NC(=O)NCCCOCc1ccco1. The summed E-state index contributed by atoms with van der Waals surface area (Å²) in [6, 6.07) is 11.0. The molecule has 23 heavy (non-hydrogen) atoms. The van der Waals surface area contributed by atoms with Crippen LogP contribution in [0.4, 0.5) is 10.5 Å². The standard InChI is InChI=1S/C17H22N2O4/c1-21-12-14-6-2-3-8-16(14)19-17(20)18-9-5-10-22-13-15-7-4-11-23-15/h2-4,6-8,11H,5,9-10,12-13H2,1H3,(H2,18,19,20). The average Bonchev–Trinajstić information content (AvgIpc) is 3.06. The monoisotopic (exact) mass is 318 g/mol. The van der Waals surface area contributed by atoms with Crippen LogP contribution in [0.5, 0.6) is 0 Å². The summed E-state index contributed by atoms with van der Waals surface area (Å²) in [6.45, 7) is 2.00. The van der Waals surface area contributed by atoms with Gasteiger partial charge in [0, 0.05) is 31.5 Å². The van der Waals surface area contributed by atoms with E-state index in [1.807, 2.05) is 36.4 Å². The topological polar surface area (TPSA) is 72.7 Å². The highest BCUT2D eigenvalue weighted by Gasteiger charge is 2.05. The van der Waals surface area contributed by atoms with E-state index in [-0.39, 0.29) is 6.03 Å². The smallest absolute Gasteiger partial charge is 0.319 e. The minimum atomic E-state index is -0.236. The maximum atomic E-state index is 11.9. The lowest BCUT2D eigenvalue weighted by atomic mass is 10.2. The largest absolute Gasteiger partial charge is 0.467 e. The van der Waals surface area contributed by atoms with Crippen molar-refractivity contribution in [2.45, 2.75) is 19.6 Å². The highest BCUT2D eigenvalue weighted by Crippen LogP contribution is 2.15. The van der Waals surface area contributed by atoms with Gasteiger partial charge >= 0.3 is 6.03 Å². The molecule has 6 nitrogen and oxygen atoms in total. The summed E-state index contributed by atoms with van der Waals surface area (Å²) in [6.07, 6.45) is 2.35. The molecule has 0 aliphatic heterocycles. The van der Waals surface area contributed by atoms with Crippen molar-refractivity contribution >= 4 is 11.7 Å². The van der Waals surface area contributed by atoms with E-state index in [0.29, 0.717) is 26.4 Å². The van der Waals surface area contributed by atoms with Gasteiger partial charge < -0.3 is 24.5 Å². The van der Waals surface area contributed by atoms with E-state index in [0.717, 1.165) is 23.4 Å². The zero-order valence-electron chi connectivity index (χ0n) is 13.2. The first-order chi connectivity index (χ1) is 11.3. The van der Waals surface area contributed by atoms with Crippen molar-refractivity contribution in [1.82, 2.24) is 5.32 Å². The molecule has 2 aromatic rings. The quantitative estimate of drug-likeness (QED) is 0.697. The summed E-state index contributed by atoms with van der Waals surface area (Å²) in [5, 5.41) is 5.62. The van der Waals surface area contributed by atoms with Crippen LogP contribution in [-0.4, -0.2) is 26.3 Å². The highest BCUT2D eigenvalue weighted by atomic mass is 16.5. The third-order valence-corrected chi connectivity index (χ3v) is 3.14. The second kappa shape index (κ2) is 9.66. The van der Waals surface area contributed by atoms with Gasteiger partial charge in [0.25, 0.3) is 0 Å². The molecule has 0 spiro atoms. The van der Waals surface area contributed by atoms with Crippen molar-refractivity contribution in [3.63, 3.8) is 0 Å². The maximum Gasteiger partial charge on any atom is 0.319 e. The molecule has 6 heteroatoms. The number of methoxy groups -OCH3 is 1. The van der Waals surface area contributed by atoms with Crippen LogP contribution in [0, 0.1) is 0 Å². The fourth-order valence-corrected chi connectivity index (χ4v) is 2.03. The second-order valence-corrected chi connectivity index (χ2v) is 4.96. The summed E-state index contributed by atoms with van der Waals surface area (Å²) < 4.78 is 15.7. The van der Waals surface area contributed by atoms with E-state index in [2.05, 4.69) is 10.6 Å². The number of carbonyl (C=O) groups is 1. The fourth-order valence-electron chi connectivity index (χ4n) is 2.03. The minimum absolute atomic E-state index is 0.236. The predicted octanol–water partition coefficient (Wildman–Crippen LogP) is 3.15. The Morgan fingerprint density at radius 2 is 2.04 bits per heavy atom. The number of hydrogen-bond donors (Lipinski definition) is 2. The van der Waals surface area contributed by atoms with Crippen molar-refractivity contribution in [3.05, 3.63) is 54.0 Å². The Bertz CT molecular complexity index is 584. The lowest BCUT2D eigenvalue weighted by Crippen LogP contribution is -2.30. The minimum Gasteiger partial charge on any atom is -0.467 e. The number of ether oxygens (including phenoxy) is 2. The molecule has 0 aliphatic rings. The molecule has 124 valence electrons. The van der Waals surface area contributed by atoms with Crippen LogP contribution < -0.4 is 10.6 Å². The van der Waals surface area contributed by atoms with E-state index >= 15 is 0 Å². The van der Waals surface area contributed by atoms with Crippen LogP contribution in [0.2, 0.25) is 0 Å². The normalized spacial score (nSPS) is 10.5. The molecule has 1 aromatic carbocycles. The van der Waals surface area contributed by atoms with Crippen molar-refractivity contribution in [2.75, 3.05) is 25.6 Å². The number of carbonyl (C=O) groups excluding carboxylic acids is 1. The molecule has 0 atom stereocenters. The lowest BCUT2D eigenvalue weighted by Gasteiger charge is -2.11. The average molecular weight is 318 g/mol. The first kappa shape index (κ1) is 17.1. The molecule has 0 unspecified atom stereocenters. The molecule has 0 radical (unpaired) electrons. The van der Waals surface area contributed by atoms with Gasteiger partial charge in [-0.1, -0.05) is 18.2 Å². The second-order valence-electron chi connectivity index (χ2n) is 4.96. The summed E-state index contributed by atoms with van der Waals surface area (Å²) in [5.41, 5.74) is 1.69. The molecule has 0 saturated heterocycles. The Hall–Kier alpha value is -2.31. The van der Waals surface area contributed by atoms with Gasteiger partial charge in [0.2, 0.25) is 0 Å². The number of para-hydroxylation sites is 1. The van der Waals surface area contributed by atoms with E-state index in [4.69, 9.17) is 13.9 Å². The molecular weight excluding hydrogens is 296 g/mol. The summed E-state index contributed by atoms with van der Waals surface area (Å²) in [4.78, 5) is 11.9. The Morgan fingerprint density at radius 1 is 1.17 bits per heavy atom. The number of nitrogens with one attached hydrogen (secondary N) is 2. The molecule has 0 fully saturated rings. The lowest BCUT2D eigenvalue weighted by molar-refractivity contribution is 0.104. The molecular formula is C17H22N2O4. The molecule has 2 N–H and O–H groups in total. The Kier molecular flexibility index (Phi) is 7.16. The number of urea groups is 1.